The standard InChI is InChI=1S/C23H21ClFNO5/c1-28-18-8-4-6-14(23(18)30-3)22-15-10-13(24)11-16(25)21(15)26-9-5-7-17(26)19(31-22)12-20(27)29-2/h4-11,19,22H,12H2,1-3H3/t19-,22-/m1/s1. The van der Waals surface area contributed by atoms with Gasteiger partial charge in [-0.05, 0) is 30.3 Å². The molecule has 0 fully saturated rings. The van der Waals surface area contributed by atoms with Crippen molar-refractivity contribution < 1.29 is 28.1 Å². The summed E-state index contributed by atoms with van der Waals surface area (Å²) < 4.78 is 39.3. The van der Waals surface area contributed by atoms with Crippen molar-refractivity contribution in [3.05, 3.63) is 76.3 Å². The molecule has 4 rings (SSSR count). The minimum Gasteiger partial charge on any atom is -0.493 e. The first-order valence-corrected chi connectivity index (χ1v) is 9.96. The van der Waals surface area contributed by atoms with Gasteiger partial charge in [-0.15, -0.1) is 0 Å². The molecule has 2 heterocycles. The minimum absolute atomic E-state index is 0.0490. The van der Waals surface area contributed by atoms with Crippen molar-refractivity contribution in [2.24, 2.45) is 0 Å². The summed E-state index contributed by atoms with van der Waals surface area (Å²) >= 11 is 6.23. The number of carbonyl (C=O) groups excluding carboxylic acids is 1. The number of fused-ring (bicyclic) bond motifs is 3. The first kappa shape index (κ1) is 21.2. The van der Waals surface area contributed by atoms with E-state index in [1.54, 1.807) is 41.1 Å². The van der Waals surface area contributed by atoms with E-state index in [2.05, 4.69) is 0 Å². The van der Waals surface area contributed by atoms with Crippen molar-refractivity contribution in [1.29, 1.82) is 0 Å². The van der Waals surface area contributed by atoms with E-state index in [4.69, 9.17) is 30.5 Å². The van der Waals surface area contributed by atoms with Gasteiger partial charge >= 0.3 is 5.97 Å². The summed E-state index contributed by atoms with van der Waals surface area (Å²) in [4.78, 5) is 12.1. The number of ether oxygens (including phenoxy) is 4. The van der Waals surface area contributed by atoms with Crippen LogP contribution in [0.2, 0.25) is 5.02 Å². The van der Waals surface area contributed by atoms with E-state index in [-0.39, 0.29) is 11.4 Å². The molecule has 0 unspecified atom stereocenters. The summed E-state index contributed by atoms with van der Waals surface area (Å²) in [6.45, 7) is 0. The summed E-state index contributed by atoms with van der Waals surface area (Å²) in [5.41, 5.74) is 2.04. The highest BCUT2D eigenvalue weighted by molar-refractivity contribution is 6.30. The third-order valence-electron chi connectivity index (χ3n) is 5.29. The minimum atomic E-state index is -0.789. The molecule has 0 saturated carbocycles. The molecule has 0 N–H and O–H groups in total. The Balaban J connectivity index is 1.98. The zero-order valence-corrected chi connectivity index (χ0v) is 18.0. The predicted molar refractivity (Wildman–Crippen MR) is 113 cm³/mol. The Hall–Kier alpha value is -3.03. The van der Waals surface area contributed by atoms with E-state index in [9.17, 15) is 4.79 Å². The third kappa shape index (κ3) is 3.75. The van der Waals surface area contributed by atoms with Crippen molar-refractivity contribution in [3.8, 4) is 17.2 Å². The number of para-hydroxylation sites is 1. The maximum absolute atomic E-state index is 15.2. The van der Waals surface area contributed by atoms with Gasteiger partial charge < -0.3 is 23.5 Å². The molecule has 31 heavy (non-hydrogen) atoms. The van der Waals surface area contributed by atoms with Gasteiger partial charge in [-0.3, -0.25) is 4.79 Å². The van der Waals surface area contributed by atoms with E-state index in [1.165, 1.54) is 27.4 Å². The van der Waals surface area contributed by atoms with Crippen LogP contribution in [-0.4, -0.2) is 31.9 Å². The molecule has 1 aliphatic heterocycles. The monoisotopic (exact) mass is 445 g/mol. The molecule has 0 amide bonds. The number of esters is 1. The first-order chi connectivity index (χ1) is 15.0. The van der Waals surface area contributed by atoms with E-state index in [1.807, 2.05) is 6.07 Å². The molecule has 1 aliphatic rings. The van der Waals surface area contributed by atoms with E-state index < -0.39 is 24.0 Å². The van der Waals surface area contributed by atoms with Crippen LogP contribution in [0, 0.1) is 5.82 Å². The Bertz CT molecular complexity index is 1130. The lowest BCUT2D eigenvalue weighted by molar-refractivity contribution is -0.145. The lowest BCUT2D eigenvalue weighted by atomic mass is 9.98. The fraction of sp³-hybridized carbons (Fsp3) is 0.261. The van der Waals surface area contributed by atoms with E-state index >= 15 is 4.39 Å². The fourth-order valence-corrected chi connectivity index (χ4v) is 4.17. The zero-order chi connectivity index (χ0) is 22.1. The number of hydrogen-bond acceptors (Lipinski definition) is 5. The summed E-state index contributed by atoms with van der Waals surface area (Å²) in [6, 6.07) is 11.8. The second-order valence-corrected chi connectivity index (χ2v) is 7.43. The lowest BCUT2D eigenvalue weighted by Crippen LogP contribution is -2.15. The number of nitrogens with zero attached hydrogens (tertiary/aromatic N) is 1. The predicted octanol–water partition coefficient (Wildman–Crippen LogP) is 5.01. The van der Waals surface area contributed by atoms with Gasteiger partial charge in [0, 0.05) is 22.3 Å². The number of benzene rings is 2. The van der Waals surface area contributed by atoms with Crippen LogP contribution in [0.4, 0.5) is 4.39 Å². The number of rotatable bonds is 5. The maximum Gasteiger partial charge on any atom is 0.308 e. The summed E-state index contributed by atoms with van der Waals surface area (Å²) in [5.74, 6) is -0.00143. The number of carbonyl (C=O) groups is 1. The Kier molecular flexibility index (Phi) is 5.89. The Morgan fingerprint density at radius 1 is 1.13 bits per heavy atom. The molecule has 162 valence electrons. The van der Waals surface area contributed by atoms with Gasteiger partial charge in [0.25, 0.3) is 0 Å². The zero-order valence-electron chi connectivity index (χ0n) is 17.2. The average molecular weight is 446 g/mol. The van der Waals surface area contributed by atoms with E-state index in [0.29, 0.717) is 34.0 Å². The average Bonchev–Trinajstić information content (AvgIpc) is 3.20. The lowest BCUT2D eigenvalue weighted by Gasteiger charge is -2.25. The summed E-state index contributed by atoms with van der Waals surface area (Å²) in [5, 5.41) is 0.229. The van der Waals surface area contributed by atoms with Crippen molar-refractivity contribution in [1.82, 2.24) is 4.57 Å². The normalized spacial score (nSPS) is 17.3. The molecule has 3 aromatic rings. The third-order valence-corrected chi connectivity index (χ3v) is 5.51. The fourth-order valence-electron chi connectivity index (χ4n) is 3.95. The number of hydrogen-bond donors (Lipinski definition) is 0. The Labute approximate surface area is 184 Å². The van der Waals surface area contributed by atoms with Gasteiger partial charge in [-0.2, -0.15) is 0 Å². The van der Waals surface area contributed by atoms with Gasteiger partial charge in [0.1, 0.15) is 18.0 Å². The number of methoxy groups -OCH3 is 3. The van der Waals surface area contributed by atoms with Crippen LogP contribution in [-0.2, 0) is 14.3 Å². The van der Waals surface area contributed by atoms with Crippen LogP contribution in [0.25, 0.3) is 5.69 Å². The second kappa shape index (κ2) is 8.61. The van der Waals surface area contributed by atoms with Crippen molar-refractivity contribution in [2.45, 2.75) is 18.6 Å². The van der Waals surface area contributed by atoms with Gasteiger partial charge in [0.15, 0.2) is 11.5 Å². The van der Waals surface area contributed by atoms with Crippen LogP contribution in [0.5, 0.6) is 11.5 Å². The Morgan fingerprint density at radius 2 is 1.94 bits per heavy atom. The largest absolute Gasteiger partial charge is 0.493 e. The highest BCUT2D eigenvalue weighted by Gasteiger charge is 2.35. The van der Waals surface area contributed by atoms with Crippen LogP contribution in [0.1, 0.15) is 35.4 Å². The second-order valence-electron chi connectivity index (χ2n) is 7.00. The highest BCUT2D eigenvalue weighted by Crippen LogP contribution is 2.47. The smallest absolute Gasteiger partial charge is 0.308 e. The molecule has 0 saturated heterocycles. The molecule has 0 bridgehead atoms. The topological polar surface area (TPSA) is 58.9 Å². The van der Waals surface area contributed by atoms with Crippen LogP contribution in [0.3, 0.4) is 0 Å². The molecular weight excluding hydrogens is 425 g/mol. The van der Waals surface area contributed by atoms with E-state index in [0.717, 1.165) is 0 Å². The van der Waals surface area contributed by atoms with Gasteiger partial charge in [-0.1, -0.05) is 23.7 Å². The molecular formula is C23H21ClFNO5. The molecule has 2 atom stereocenters. The molecule has 0 spiro atoms. The molecule has 0 aliphatic carbocycles. The van der Waals surface area contributed by atoms with Crippen LogP contribution >= 0.6 is 11.6 Å². The van der Waals surface area contributed by atoms with Crippen LogP contribution in [0.15, 0.2) is 48.7 Å². The summed E-state index contributed by atoms with van der Waals surface area (Å²) in [6.07, 6.45) is 0.188. The highest BCUT2D eigenvalue weighted by atomic mass is 35.5. The first-order valence-electron chi connectivity index (χ1n) is 9.58. The van der Waals surface area contributed by atoms with Gasteiger partial charge in [0.2, 0.25) is 0 Å². The molecule has 8 heteroatoms. The molecule has 1 aromatic heterocycles. The quantitative estimate of drug-likeness (QED) is 0.517. The molecule has 6 nitrogen and oxygen atoms in total. The van der Waals surface area contributed by atoms with Gasteiger partial charge in [0.05, 0.1) is 39.1 Å². The van der Waals surface area contributed by atoms with Crippen molar-refractivity contribution in [3.63, 3.8) is 0 Å². The van der Waals surface area contributed by atoms with Gasteiger partial charge in [-0.25, -0.2) is 4.39 Å². The van der Waals surface area contributed by atoms with Crippen molar-refractivity contribution in [2.75, 3.05) is 21.3 Å². The number of halogens is 2. The molecule has 0 radical (unpaired) electrons. The Morgan fingerprint density at radius 3 is 2.65 bits per heavy atom. The SMILES string of the molecule is COC(=O)C[C@H]1O[C@H](c2cccc(OC)c2OC)c2cc(Cl)cc(F)c2-n2cccc21. The maximum atomic E-state index is 15.2. The molecule has 2 aromatic carbocycles. The summed E-state index contributed by atoms with van der Waals surface area (Å²) in [7, 11) is 4.37. The van der Waals surface area contributed by atoms with Crippen molar-refractivity contribution >= 4 is 17.6 Å². The van der Waals surface area contributed by atoms with Crippen LogP contribution < -0.4 is 9.47 Å². The number of aromatic nitrogens is 1.